The molecule has 0 aliphatic carbocycles. The minimum atomic E-state index is -4.35. The van der Waals surface area contributed by atoms with Gasteiger partial charge in [-0.25, -0.2) is 4.57 Å². The van der Waals surface area contributed by atoms with E-state index in [1.54, 1.807) is 6.08 Å². The molecule has 0 saturated carbocycles. The number of hydrogen-bond donors (Lipinski definition) is 3. The summed E-state index contributed by atoms with van der Waals surface area (Å²) in [4.78, 5) is 23.3. The van der Waals surface area contributed by atoms with Gasteiger partial charge in [0.15, 0.2) is 0 Å². The molecular formula is C60H116N2O6P+. The molecular weight excluding hydrogens is 876 g/mol. The highest BCUT2D eigenvalue weighted by molar-refractivity contribution is 7.47. The largest absolute Gasteiger partial charge is 0.472 e. The third-order valence-corrected chi connectivity index (χ3v) is 14.3. The highest BCUT2D eigenvalue weighted by Gasteiger charge is 2.27. The van der Waals surface area contributed by atoms with E-state index < -0.39 is 20.0 Å². The maximum Gasteiger partial charge on any atom is 0.472 e. The van der Waals surface area contributed by atoms with Gasteiger partial charge in [0.25, 0.3) is 0 Å². The van der Waals surface area contributed by atoms with Crippen LogP contribution in [0.5, 0.6) is 0 Å². The zero-order valence-electron chi connectivity index (χ0n) is 46.3. The number of nitrogens with one attached hydrogen (secondary N) is 1. The summed E-state index contributed by atoms with van der Waals surface area (Å²) in [6.45, 7) is 4.83. The molecule has 0 aliphatic heterocycles. The van der Waals surface area contributed by atoms with Gasteiger partial charge in [0.1, 0.15) is 13.2 Å². The van der Waals surface area contributed by atoms with E-state index in [2.05, 4.69) is 55.6 Å². The highest BCUT2D eigenvalue weighted by atomic mass is 31.2. The molecule has 1 amide bonds. The van der Waals surface area contributed by atoms with Gasteiger partial charge >= 0.3 is 7.82 Å². The number of carbonyl (C=O) groups is 1. The number of aliphatic hydroxyl groups excluding tert-OH is 1. The molecule has 406 valence electrons. The molecule has 0 heterocycles. The molecule has 3 unspecified atom stereocenters. The fraction of sp³-hybridized carbons (Fsp3) is 0.850. The van der Waals surface area contributed by atoms with E-state index in [0.717, 1.165) is 51.4 Å². The average Bonchev–Trinajstić information content (AvgIpc) is 3.31. The van der Waals surface area contributed by atoms with Crippen molar-refractivity contribution >= 4 is 13.7 Å². The third-order valence-electron chi connectivity index (χ3n) is 13.3. The molecule has 0 radical (unpaired) electrons. The number of phosphoric ester groups is 1. The molecule has 0 fully saturated rings. The second-order valence-electron chi connectivity index (χ2n) is 21.4. The summed E-state index contributed by atoms with van der Waals surface area (Å²) in [5.74, 6) is -0.177. The number of likely N-dealkylation sites (N-methyl/N-ethyl adjacent to an activating group) is 1. The lowest BCUT2D eigenvalue weighted by Crippen LogP contribution is -2.45. The number of quaternary nitrogens is 1. The monoisotopic (exact) mass is 992 g/mol. The first-order valence-corrected chi connectivity index (χ1v) is 31.0. The second-order valence-corrected chi connectivity index (χ2v) is 22.8. The van der Waals surface area contributed by atoms with Gasteiger partial charge < -0.3 is 19.8 Å². The fourth-order valence-corrected chi connectivity index (χ4v) is 9.37. The standard InChI is InChI=1S/C60H115N2O6P/c1-6-8-10-12-14-16-18-20-22-24-26-28-29-30-31-32-33-34-36-38-40-42-44-46-48-50-52-54-60(64)61-58(57-68-69(65,66)67-56-55-62(3,4)5)59(63)53-51-49-47-45-43-41-39-37-35-27-25-23-21-19-17-15-13-11-9-7-2/h18,20,24,26,29-30,51,53,58-59,63H,6-17,19,21-23,25,27-28,31-50,52,54-57H2,1-5H3,(H-,61,64,65,66)/p+1/b20-18-,26-24-,30-29-,53-51+. The number of carbonyl (C=O) groups excluding carboxylic acids is 1. The molecule has 8 nitrogen and oxygen atoms in total. The van der Waals surface area contributed by atoms with Crippen LogP contribution < -0.4 is 5.32 Å². The number of allylic oxidation sites excluding steroid dienone is 7. The molecule has 0 spiro atoms. The Balaban J connectivity index is 4.19. The van der Waals surface area contributed by atoms with Gasteiger partial charge in [-0.1, -0.05) is 262 Å². The van der Waals surface area contributed by atoms with Gasteiger partial charge in [-0.3, -0.25) is 13.8 Å². The van der Waals surface area contributed by atoms with Crippen molar-refractivity contribution in [2.75, 3.05) is 40.9 Å². The van der Waals surface area contributed by atoms with Gasteiger partial charge in [-0.05, 0) is 57.8 Å². The lowest BCUT2D eigenvalue weighted by atomic mass is 10.0. The molecule has 0 saturated heterocycles. The van der Waals surface area contributed by atoms with E-state index in [1.165, 1.54) is 205 Å². The van der Waals surface area contributed by atoms with Crippen LogP contribution in [0, 0.1) is 0 Å². The Morgan fingerprint density at radius 2 is 0.826 bits per heavy atom. The molecule has 0 aromatic rings. The summed E-state index contributed by atoms with van der Waals surface area (Å²) < 4.78 is 23.7. The Morgan fingerprint density at radius 1 is 0.493 bits per heavy atom. The Hall–Kier alpha value is -1.54. The lowest BCUT2D eigenvalue weighted by Gasteiger charge is -2.25. The number of unbranched alkanes of at least 4 members (excludes halogenated alkanes) is 35. The zero-order valence-corrected chi connectivity index (χ0v) is 47.2. The van der Waals surface area contributed by atoms with Gasteiger partial charge in [0.05, 0.1) is 39.9 Å². The van der Waals surface area contributed by atoms with Crippen molar-refractivity contribution in [2.24, 2.45) is 0 Å². The molecule has 0 bridgehead atoms. The third kappa shape index (κ3) is 54.1. The summed E-state index contributed by atoms with van der Waals surface area (Å²) in [6.07, 6.45) is 67.8. The molecule has 3 N–H and O–H groups in total. The highest BCUT2D eigenvalue weighted by Crippen LogP contribution is 2.43. The van der Waals surface area contributed by atoms with Crippen molar-refractivity contribution in [3.8, 4) is 0 Å². The number of hydrogen-bond acceptors (Lipinski definition) is 5. The van der Waals surface area contributed by atoms with Crippen LogP contribution in [0.1, 0.15) is 277 Å². The predicted octanol–water partition coefficient (Wildman–Crippen LogP) is 17.9. The Labute approximate surface area is 429 Å². The van der Waals surface area contributed by atoms with Crippen LogP contribution >= 0.6 is 7.82 Å². The Morgan fingerprint density at radius 3 is 1.20 bits per heavy atom. The summed E-state index contributed by atoms with van der Waals surface area (Å²) in [6, 6.07) is -0.849. The molecule has 3 atom stereocenters. The maximum absolute atomic E-state index is 13.0. The van der Waals surface area contributed by atoms with Crippen molar-refractivity contribution in [1.82, 2.24) is 5.32 Å². The topological polar surface area (TPSA) is 105 Å². The summed E-state index contributed by atoms with van der Waals surface area (Å²) in [5.41, 5.74) is 0. The van der Waals surface area contributed by atoms with Crippen LogP contribution in [0.15, 0.2) is 48.6 Å². The van der Waals surface area contributed by atoms with Gasteiger partial charge in [-0.2, -0.15) is 0 Å². The van der Waals surface area contributed by atoms with Crippen molar-refractivity contribution < 1.29 is 32.9 Å². The average molecular weight is 993 g/mol. The van der Waals surface area contributed by atoms with E-state index in [1.807, 2.05) is 27.2 Å². The van der Waals surface area contributed by atoms with Crippen LogP contribution in [0.2, 0.25) is 0 Å². The van der Waals surface area contributed by atoms with Crippen molar-refractivity contribution in [3.05, 3.63) is 48.6 Å². The van der Waals surface area contributed by atoms with E-state index >= 15 is 0 Å². The van der Waals surface area contributed by atoms with E-state index in [-0.39, 0.29) is 19.1 Å². The van der Waals surface area contributed by atoms with Crippen LogP contribution in [0.3, 0.4) is 0 Å². The number of phosphoric acid groups is 1. The molecule has 0 aromatic heterocycles. The Kier molecular flexibility index (Phi) is 50.2. The quantitative estimate of drug-likeness (QED) is 0.0243. The first-order valence-electron chi connectivity index (χ1n) is 29.5. The number of aliphatic hydroxyl groups is 1. The first-order chi connectivity index (χ1) is 33.5. The van der Waals surface area contributed by atoms with Crippen LogP contribution in [0.25, 0.3) is 0 Å². The minimum absolute atomic E-state index is 0.0609. The van der Waals surface area contributed by atoms with Crippen LogP contribution in [-0.4, -0.2) is 73.4 Å². The second kappa shape index (κ2) is 51.4. The van der Waals surface area contributed by atoms with E-state index in [9.17, 15) is 19.4 Å². The molecule has 69 heavy (non-hydrogen) atoms. The molecule has 0 rings (SSSR count). The summed E-state index contributed by atoms with van der Waals surface area (Å²) in [5, 5.41) is 13.9. The van der Waals surface area contributed by atoms with E-state index in [0.29, 0.717) is 17.4 Å². The van der Waals surface area contributed by atoms with Crippen molar-refractivity contribution in [1.29, 1.82) is 0 Å². The smallest absolute Gasteiger partial charge is 0.387 e. The minimum Gasteiger partial charge on any atom is -0.387 e. The summed E-state index contributed by atoms with van der Waals surface area (Å²) in [7, 11) is 1.58. The fourth-order valence-electron chi connectivity index (χ4n) is 8.64. The number of nitrogens with zero attached hydrogens (tertiary/aromatic N) is 1. The normalized spacial score (nSPS) is 14.2. The first kappa shape index (κ1) is 67.5. The summed E-state index contributed by atoms with van der Waals surface area (Å²) >= 11 is 0. The van der Waals surface area contributed by atoms with Crippen LogP contribution in [0.4, 0.5) is 0 Å². The van der Waals surface area contributed by atoms with Crippen LogP contribution in [-0.2, 0) is 18.4 Å². The zero-order chi connectivity index (χ0) is 50.6. The SMILES string of the molecule is CCCCCCC/C=C\C/C=C\C/C=C\CCCCCCCCCCCCCCC(=O)NC(COP(=O)(O)OCC[N+](C)(C)C)C(O)/C=C/CCCCCCCCCCCCCCCCCCCC. The van der Waals surface area contributed by atoms with Crippen molar-refractivity contribution in [3.63, 3.8) is 0 Å². The van der Waals surface area contributed by atoms with Crippen molar-refractivity contribution in [2.45, 2.75) is 289 Å². The maximum atomic E-state index is 13.0. The lowest BCUT2D eigenvalue weighted by molar-refractivity contribution is -0.870. The van der Waals surface area contributed by atoms with E-state index in [4.69, 9.17) is 9.05 Å². The number of amides is 1. The molecule has 0 aromatic carbocycles. The molecule has 0 aliphatic rings. The van der Waals surface area contributed by atoms with Gasteiger partial charge in [0, 0.05) is 6.42 Å². The predicted molar refractivity (Wildman–Crippen MR) is 300 cm³/mol. The van der Waals surface area contributed by atoms with Gasteiger partial charge in [-0.15, -0.1) is 0 Å². The number of rotatable bonds is 54. The van der Waals surface area contributed by atoms with Gasteiger partial charge in [0.2, 0.25) is 5.91 Å². The molecule has 9 heteroatoms. The Bertz CT molecular complexity index is 1260.